The molecule has 1 atom stereocenters. The number of Topliss-reactive ketones (excluding diaryl/α,β-unsaturated/α-hetero) is 1. The number of halogens is 1. The van der Waals surface area contributed by atoms with Crippen molar-refractivity contribution in [1.29, 1.82) is 0 Å². The molecule has 3 aromatic rings. The Morgan fingerprint density at radius 2 is 1.79 bits per heavy atom. The van der Waals surface area contributed by atoms with Gasteiger partial charge >= 0.3 is 5.69 Å². The molecule has 0 heterocycles. The van der Waals surface area contributed by atoms with E-state index in [0.717, 1.165) is 9.26 Å². The Kier molecular flexibility index (Phi) is 6.82. The van der Waals surface area contributed by atoms with Gasteiger partial charge < -0.3 is 10.1 Å². The van der Waals surface area contributed by atoms with Gasteiger partial charge in [0.15, 0.2) is 11.5 Å². The van der Waals surface area contributed by atoms with Crippen molar-refractivity contribution in [3.05, 3.63) is 97.6 Å². The van der Waals surface area contributed by atoms with E-state index in [0.29, 0.717) is 11.1 Å². The molecule has 0 radical (unpaired) electrons. The SMILES string of the molecule is COc1ccc(C(CC(=O)c2ccccc2)Nc2ccc(I)cc2)cc1[N+](=O)[O-]. The van der Waals surface area contributed by atoms with Gasteiger partial charge in [0.1, 0.15) is 0 Å². The first-order valence-electron chi connectivity index (χ1n) is 8.90. The maximum atomic E-state index is 12.8. The van der Waals surface area contributed by atoms with Crippen molar-refractivity contribution in [2.24, 2.45) is 0 Å². The molecule has 1 unspecified atom stereocenters. The summed E-state index contributed by atoms with van der Waals surface area (Å²) >= 11 is 2.22. The molecular formula is C22H19IN2O4. The summed E-state index contributed by atoms with van der Waals surface area (Å²) in [6, 6.07) is 21.1. The van der Waals surface area contributed by atoms with Crippen LogP contribution < -0.4 is 10.1 Å². The van der Waals surface area contributed by atoms with E-state index in [1.54, 1.807) is 24.3 Å². The van der Waals surface area contributed by atoms with Crippen molar-refractivity contribution in [2.45, 2.75) is 12.5 Å². The van der Waals surface area contributed by atoms with Crippen molar-refractivity contribution in [2.75, 3.05) is 12.4 Å². The van der Waals surface area contributed by atoms with Crippen LogP contribution in [0.25, 0.3) is 0 Å². The number of ketones is 1. The Bertz CT molecular complexity index is 1010. The summed E-state index contributed by atoms with van der Waals surface area (Å²) in [5.41, 5.74) is 1.94. The molecule has 0 spiro atoms. The quantitative estimate of drug-likeness (QED) is 0.187. The molecule has 0 aliphatic heterocycles. The Balaban J connectivity index is 1.95. The summed E-state index contributed by atoms with van der Waals surface area (Å²) in [6.07, 6.45) is 0.152. The number of nitro groups is 1. The first kappa shape index (κ1) is 20.8. The third-order valence-corrected chi connectivity index (χ3v) is 5.19. The van der Waals surface area contributed by atoms with Gasteiger partial charge in [-0.25, -0.2) is 0 Å². The minimum Gasteiger partial charge on any atom is -0.490 e. The van der Waals surface area contributed by atoms with Crippen LogP contribution in [-0.4, -0.2) is 17.8 Å². The first-order chi connectivity index (χ1) is 14.0. The number of carbonyl (C=O) groups is 1. The van der Waals surface area contributed by atoms with Crippen LogP contribution in [0.5, 0.6) is 5.75 Å². The highest BCUT2D eigenvalue weighted by molar-refractivity contribution is 14.1. The lowest BCUT2D eigenvalue weighted by Crippen LogP contribution is -2.16. The monoisotopic (exact) mass is 502 g/mol. The second-order valence-electron chi connectivity index (χ2n) is 6.39. The summed E-state index contributed by atoms with van der Waals surface area (Å²) in [5.74, 6) is 0.133. The molecule has 0 amide bonds. The molecule has 0 aromatic heterocycles. The van der Waals surface area contributed by atoms with Crippen molar-refractivity contribution in [1.82, 2.24) is 0 Å². The molecule has 0 fully saturated rings. The zero-order valence-corrected chi connectivity index (χ0v) is 17.8. The van der Waals surface area contributed by atoms with Crippen LogP contribution in [0.2, 0.25) is 0 Å². The van der Waals surface area contributed by atoms with Crippen LogP contribution in [0.4, 0.5) is 11.4 Å². The number of ether oxygens (including phenoxy) is 1. The fourth-order valence-corrected chi connectivity index (χ4v) is 3.35. The van der Waals surface area contributed by atoms with Crippen LogP contribution in [-0.2, 0) is 0 Å². The maximum absolute atomic E-state index is 12.8. The van der Waals surface area contributed by atoms with Gasteiger partial charge in [-0.2, -0.15) is 0 Å². The number of hydrogen-bond acceptors (Lipinski definition) is 5. The van der Waals surface area contributed by atoms with E-state index in [4.69, 9.17) is 4.74 Å². The van der Waals surface area contributed by atoms with Gasteiger partial charge in [-0.3, -0.25) is 14.9 Å². The Labute approximate surface area is 182 Å². The normalized spacial score (nSPS) is 11.5. The topological polar surface area (TPSA) is 81.5 Å². The molecule has 0 aliphatic rings. The molecule has 3 aromatic carbocycles. The second kappa shape index (κ2) is 9.51. The van der Waals surface area contributed by atoms with Crippen LogP contribution >= 0.6 is 22.6 Å². The van der Waals surface area contributed by atoms with E-state index in [1.807, 2.05) is 42.5 Å². The minimum absolute atomic E-state index is 0.0490. The van der Waals surface area contributed by atoms with Crippen LogP contribution in [0.3, 0.4) is 0 Å². The summed E-state index contributed by atoms with van der Waals surface area (Å²) < 4.78 is 6.18. The number of carbonyl (C=O) groups excluding carboxylic acids is 1. The lowest BCUT2D eigenvalue weighted by molar-refractivity contribution is -0.385. The number of rotatable bonds is 8. The number of nitrogens with one attached hydrogen (secondary N) is 1. The molecule has 1 N–H and O–H groups in total. The van der Waals surface area contributed by atoms with E-state index in [1.165, 1.54) is 13.2 Å². The summed E-state index contributed by atoms with van der Waals surface area (Å²) in [6.45, 7) is 0. The van der Waals surface area contributed by atoms with Gasteiger partial charge in [0, 0.05) is 27.3 Å². The van der Waals surface area contributed by atoms with E-state index in [9.17, 15) is 14.9 Å². The molecule has 0 bridgehead atoms. The highest BCUT2D eigenvalue weighted by Crippen LogP contribution is 2.33. The number of nitrogens with zero attached hydrogens (tertiary/aromatic N) is 1. The Hall–Kier alpha value is -2.94. The lowest BCUT2D eigenvalue weighted by Gasteiger charge is -2.20. The van der Waals surface area contributed by atoms with Gasteiger partial charge in [-0.1, -0.05) is 36.4 Å². The number of hydrogen-bond donors (Lipinski definition) is 1. The molecule has 6 nitrogen and oxygen atoms in total. The van der Waals surface area contributed by atoms with Crippen molar-refractivity contribution in [3.8, 4) is 5.75 Å². The third kappa shape index (κ3) is 5.32. The summed E-state index contributed by atoms with van der Waals surface area (Å²) in [4.78, 5) is 23.8. The van der Waals surface area contributed by atoms with E-state index in [2.05, 4.69) is 27.9 Å². The highest BCUT2D eigenvalue weighted by atomic mass is 127. The van der Waals surface area contributed by atoms with Crippen LogP contribution in [0.15, 0.2) is 72.8 Å². The summed E-state index contributed by atoms with van der Waals surface area (Å²) in [7, 11) is 1.39. The van der Waals surface area contributed by atoms with Gasteiger partial charge in [0.25, 0.3) is 0 Å². The van der Waals surface area contributed by atoms with Gasteiger partial charge in [0.2, 0.25) is 0 Å². The van der Waals surface area contributed by atoms with E-state index < -0.39 is 11.0 Å². The van der Waals surface area contributed by atoms with Gasteiger partial charge in [-0.15, -0.1) is 0 Å². The van der Waals surface area contributed by atoms with Gasteiger partial charge in [-0.05, 0) is 58.5 Å². The Morgan fingerprint density at radius 1 is 1.10 bits per heavy atom. The van der Waals surface area contributed by atoms with Crippen molar-refractivity contribution < 1.29 is 14.5 Å². The van der Waals surface area contributed by atoms with Crippen molar-refractivity contribution in [3.63, 3.8) is 0 Å². The first-order valence-corrected chi connectivity index (χ1v) is 9.98. The standard InChI is InChI=1S/C22H19IN2O4/c1-29-22-12-7-16(13-20(22)25(27)28)19(24-18-10-8-17(23)9-11-18)14-21(26)15-5-3-2-4-6-15/h2-13,19,24H,14H2,1H3. The average Bonchev–Trinajstić information content (AvgIpc) is 2.74. The molecule has 0 saturated heterocycles. The van der Waals surface area contributed by atoms with Gasteiger partial charge in [0.05, 0.1) is 18.1 Å². The Morgan fingerprint density at radius 3 is 2.41 bits per heavy atom. The smallest absolute Gasteiger partial charge is 0.311 e. The van der Waals surface area contributed by atoms with Crippen LogP contribution in [0.1, 0.15) is 28.4 Å². The van der Waals surface area contributed by atoms with E-state index in [-0.39, 0.29) is 23.6 Å². The molecule has 148 valence electrons. The number of methoxy groups -OCH3 is 1. The second-order valence-corrected chi connectivity index (χ2v) is 7.63. The molecule has 7 heteroatoms. The van der Waals surface area contributed by atoms with Crippen molar-refractivity contribution >= 4 is 39.7 Å². The third-order valence-electron chi connectivity index (χ3n) is 4.47. The maximum Gasteiger partial charge on any atom is 0.311 e. The predicted octanol–water partition coefficient (Wildman–Crippen LogP) is 5.63. The highest BCUT2D eigenvalue weighted by Gasteiger charge is 2.22. The zero-order chi connectivity index (χ0) is 20.8. The molecule has 29 heavy (non-hydrogen) atoms. The summed E-state index contributed by atoms with van der Waals surface area (Å²) in [5, 5.41) is 14.8. The predicted molar refractivity (Wildman–Crippen MR) is 121 cm³/mol. The molecular weight excluding hydrogens is 483 g/mol. The van der Waals surface area contributed by atoms with E-state index >= 15 is 0 Å². The zero-order valence-electron chi connectivity index (χ0n) is 15.7. The largest absolute Gasteiger partial charge is 0.490 e. The fourth-order valence-electron chi connectivity index (χ4n) is 2.99. The molecule has 0 aliphatic carbocycles. The lowest BCUT2D eigenvalue weighted by atomic mass is 9.97. The minimum atomic E-state index is -0.483. The fraction of sp³-hybridized carbons (Fsp3) is 0.136. The molecule has 0 saturated carbocycles. The molecule has 3 rings (SSSR count). The van der Waals surface area contributed by atoms with Crippen LogP contribution in [0, 0.1) is 13.7 Å². The number of nitro benzene ring substituents is 1. The number of anilines is 1. The average molecular weight is 502 g/mol. The number of benzene rings is 3.